The highest BCUT2D eigenvalue weighted by Gasteiger charge is 2.31. The van der Waals surface area contributed by atoms with Crippen LogP contribution in [0.15, 0.2) is 42.5 Å². The van der Waals surface area contributed by atoms with Gasteiger partial charge in [-0.1, -0.05) is 23.9 Å². The summed E-state index contributed by atoms with van der Waals surface area (Å²) in [5.74, 6) is -0.264. The van der Waals surface area contributed by atoms with Crippen molar-refractivity contribution in [2.75, 3.05) is 35.5 Å². The molecule has 2 aliphatic rings. The molecule has 0 radical (unpaired) electrons. The molecule has 0 spiro atoms. The standard InChI is InChI=1S/C24H30N4O7S2/c1-37(33,34)27-19-13-18(6-7-20(19)29)35-22(30)14-25-16-8-10-28(11-9-16)17-4-2-15(3-5-17)12-21-23(31)26-24(32)36-21/h2-7,13,16,21-22,25,27,29-30H,8-12,14H2,1H3,(H,26,31,32)/t21?,22-/m1/s1. The van der Waals surface area contributed by atoms with Gasteiger partial charge in [0.2, 0.25) is 22.2 Å². The first-order valence-corrected chi connectivity index (χ1v) is 14.6. The number of imide groups is 1. The van der Waals surface area contributed by atoms with Gasteiger partial charge < -0.3 is 25.2 Å². The first-order valence-electron chi connectivity index (χ1n) is 11.8. The largest absolute Gasteiger partial charge is 0.506 e. The molecule has 5 N–H and O–H groups in total. The molecule has 2 aromatic carbocycles. The molecule has 11 nitrogen and oxygen atoms in total. The van der Waals surface area contributed by atoms with E-state index in [1.54, 1.807) is 0 Å². The summed E-state index contributed by atoms with van der Waals surface area (Å²) in [6.45, 7) is 1.86. The lowest BCUT2D eigenvalue weighted by molar-refractivity contribution is -0.118. The van der Waals surface area contributed by atoms with Gasteiger partial charge in [-0.25, -0.2) is 8.42 Å². The number of aromatic hydroxyl groups is 1. The minimum Gasteiger partial charge on any atom is -0.506 e. The Bertz CT molecular complexity index is 1230. The van der Waals surface area contributed by atoms with Gasteiger partial charge in [-0.2, -0.15) is 0 Å². The summed E-state index contributed by atoms with van der Waals surface area (Å²) < 4.78 is 30.5. The van der Waals surface area contributed by atoms with Gasteiger partial charge in [-0.15, -0.1) is 0 Å². The third kappa shape index (κ3) is 7.74. The molecule has 2 heterocycles. The topological polar surface area (TPSA) is 157 Å². The van der Waals surface area contributed by atoms with Crippen molar-refractivity contribution < 1.29 is 33.0 Å². The van der Waals surface area contributed by atoms with E-state index in [1.165, 1.54) is 18.2 Å². The second kappa shape index (κ2) is 11.6. The molecule has 0 aromatic heterocycles. The second-order valence-electron chi connectivity index (χ2n) is 9.05. The molecule has 37 heavy (non-hydrogen) atoms. The number of anilines is 2. The lowest BCUT2D eigenvalue weighted by atomic mass is 10.0. The third-order valence-electron chi connectivity index (χ3n) is 6.10. The molecule has 1 unspecified atom stereocenters. The quantitative estimate of drug-likeness (QED) is 0.217. The van der Waals surface area contributed by atoms with Crippen molar-refractivity contribution in [3.8, 4) is 11.5 Å². The van der Waals surface area contributed by atoms with Crippen molar-refractivity contribution in [1.82, 2.24) is 10.6 Å². The van der Waals surface area contributed by atoms with Crippen molar-refractivity contribution >= 4 is 44.3 Å². The van der Waals surface area contributed by atoms with E-state index in [1.807, 2.05) is 24.3 Å². The van der Waals surface area contributed by atoms with Crippen LogP contribution in [0.2, 0.25) is 0 Å². The monoisotopic (exact) mass is 550 g/mol. The zero-order chi connectivity index (χ0) is 26.6. The van der Waals surface area contributed by atoms with Gasteiger partial charge in [0.25, 0.3) is 5.24 Å². The zero-order valence-electron chi connectivity index (χ0n) is 20.2. The average Bonchev–Trinajstić information content (AvgIpc) is 3.16. The number of aliphatic hydroxyl groups excluding tert-OH is 1. The predicted octanol–water partition coefficient (Wildman–Crippen LogP) is 1.61. The highest BCUT2D eigenvalue weighted by atomic mass is 32.2. The number of piperidine rings is 1. The van der Waals surface area contributed by atoms with Crippen LogP contribution in [0.1, 0.15) is 18.4 Å². The number of hydrogen-bond donors (Lipinski definition) is 5. The molecule has 0 aliphatic carbocycles. The maximum Gasteiger partial charge on any atom is 0.286 e. The summed E-state index contributed by atoms with van der Waals surface area (Å²) in [7, 11) is -3.58. The number of carbonyl (C=O) groups excluding carboxylic acids is 2. The average molecular weight is 551 g/mol. The van der Waals surface area contributed by atoms with Crippen molar-refractivity contribution in [3.05, 3.63) is 48.0 Å². The van der Waals surface area contributed by atoms with Gasteiger partial charge in [0.1, 0.15) is 11.5 Å². The Hall–Kier alpha value is -3.00. The van der Waals surface area contributed by atoms with Gasteiger partial charge in [0, 0.05) is 30.9 Å². The van der Waals surface area contributed by atoms with Crippen LogP contribution < -0.4 is 25.0 Å². The number of nitrogens with zero attached hydrogens (tertiary/aromatic N) is 1. The molecule has 4 rings (SSSR count). The van der Waals surface area contributed by atoms with E-state index in [4.69, 9.17) is 4.74 Å². The smallest absolute Gasteiger partial charge is 0.286 e. The third-order valence-corrected chi connectivity index (χ3v) is 7.67. The van der Waals surface area contributed by atoms with Crippen molar-refractivity contribution in [2.45, 2.75) is 36.8 Å². The van der Waals surface area contributed by atoms with Crippen LogP contribution >= 0.6 is 11.8 Å². The van der Waals surface area contributed by atoms with Crippen molar-refractivity contribution in [3.63, 3.8) is 0 Å². The highest BCUT2D eigenvalue weighted by molar-refractivity contribution is 8.15. The number of nitrogens with one attached hydrogen (secondary N) is 3. The number of aliphatic hydroxyl groups is 1. The van der Waals surface area contributed by atoms with Crippen LogP contribution in [0.5, 0.6) is 11.5 Å². The summed E-state index contributed by atoms with van der Waals surface area (Å²) in [6, 6.07) is 12.3. The summed E-state index contributed by atoms with van der Waals surface area (Å²) >= 11 is 1.03. The lowest BCUT2D eigenvalue weighted by Crippen LogP contribution is -2.45. The Balaban J connectivity index is 1.20. The molecule has 2 fully saturated rings. The van der Waals surface area contributed by atoms with Crippen LogP contribution in [-0.2, 0) is 21.2 Å². The number of thioether (sulfide) groups is 1. The molecule has 200 valence electrons. The molecule has 0 bridgehead atoms. The van der Waals surface area contributed by atoms with E-state index in [-0.39, 0.29) is 46.2 Å². The first kappa shape index (κ1) is 27.0. The number of phenolic OH excluding ortho intramolecular Hbond substituents is 1. The Labute approximate surface area is 219 Å². The number of amides is 2. The Morgan fingerprint density at radius 2 is 1.86 bits per heavy atom. The predicted molar refractivity (Wildman–Crippen MR) is 142 cm³/mol. The fraction of sp³-hybridized carbons (Fsp3) is 0.417. The summed E-state index contributed by atoms with van der Waals surface area (Å²) in [4.78, 5) is 25.4. The molecule has 2 atom stereocenters. The van der Waals surface area contributed by atoms with Crippen molar-refractivity contribution in [2.24, 2.45) is 0 Å². The number of hydrogen-bond acceptors (Lipinski definition) is 10. The summed E-state index contributed by atoms with van der Waals surface area (Å²) in [6.07, 6.45) is 2.07. The van der Waals surface area contributed by atoms with Crippen LogP contribution in [0.3, 0.4) is 0 Å². The molecule has 2 aliphatic heterocycles. The zero-order valence-corrected chi connectivity index (χ0v) is 21.8. The van der Waals surface area contributed by atoms with Gasteiger partial charge in [0.15, 0.2) is 0 Å². The molecule has 2 amide bonds. The van der Waals surface area contributed by atoms with E-state index in [0.29, 0.717) is 6.42 Å². The molecule has 2 aromatic rings. The van der Waals surface area contributed by atoms with Crippen molar-refractivity contribution in [1.29, 1.82) is 0 Å². The second-order valence-corrected chi connectivity index (χ2v) is 12.0. The molecular weight excluding hydrogens is 520 g/mol. The molecule has 2 saturated heterocycles. The van der Waals surface area contributed by atoms with Crippen LogP contribution in [0.4, 0.5) is 16.2 Å². The van der Waals surface area contributed by atoms with Crippen LogP contribution in [-0.4, -0.2) is 73.2 Å². The maximum atomic E-state index is 11.8. The number of phenols is 1. The Morgan fingerprint density at radius 1 is 1.16 bits per heavy atom. The molecule has 0 saturated carbocycles. The van der Waals surface area contributed by atoms with E-state index in [2.05, 4.69) is 20.3 Å². The van der Waals surface area contributed by atoms with Crippen LogP contribution in [0, 0.1) is 0 Å². The maximum absolute atomic E-state index is 11.8. The Morgan fingerprint density at radius 3 is 2.49 bits per heavy atom. The van der Waals surface area contributed by atoms with Crippen LogP contribution in [0.25, 0.3) is 0 Å². The minimum atomic E-state index is -3.58. The molecular formula is C24H30N4O7S2. The number of ether oxygens (including phenoxy) is 1. The van der Waals surface area contributed by atoms with Gasteiger partial charge in [-0.3, -0.25) is 19.6 Å². The van der Waals surface area contributed by atoms with E-state index < -0.39 is 16.3 Å². The van der Waals surface area contributed by atoms with E-state index >= 15 is 0 Å². The number of benzene rings is 2. The van der Waals surface area contributed by atoms with E-state index in [9.17, 15) is 28.2 Å². The molecule has 13 heteroatoms. The fourth-order valence-electron chi connectivity index (χ4n) is 4.26. The first-order chi connectivity index (χ1) is 17.6. The van der Waals surface area contributed by atoms with Gasteiger partial charge in [0.05, 0.1) is 23.7 Å². The fourth-order valence-corrected chi connectivity index (χ4v) is 5.69. The number of carbonyl (C=O) groups is 2. The normalized spacial score (nSPS) is 19.5. The number of sulfonamides is 1. The highest BCUT2D eigenvalue weighted by Crippen LogP contribution is 2.29. The lowest BCUT2D eigenvalue weighted by Gasteiger charge is -2.34. The van der Waals surface area contributed by atoms with Gasteiger partial charge in [-0.05, 0) is 49.1 Å². The van der Waals surface area contributed by atoms with E-state index in [0.717, 1.165) is 55.2 Å². The van der Waals surface area contributed by atoms with Gasteiger partial charge >= 0.3 is 0 Å². The Kier molecular flexibility index (Phi) is 8.47. The summed E-state index contributed by atoms with van der Waals surface area (Å²) in [5.41, 5.74) is 2.07. The summed E-state index contributed by atoms with van der Waals surface area (Å²) in [5, 5.41) is 25.0. The minimum absolute atomic E-state index is 0.0291. The SMILES string of the molecule is CS(=O)(=O)Nc1cc(O[C@@H](O)CNC2CCN(c3ccc(CC4SC(=O)NC4=O)cc3)CC2)ccc1O. The number of rotatable bonds is 10.